The van der Waals surface area contributed by atoms with Gasteiger partial charge in [-0.25, -0.2) is 0 Å². The fourth-order valence-corrected chi connectivity index (χ4v) is 4.36. The highest BCUT2D eigenvalue weighted by Gasteiger charge is 2.36. The van der Waals surface area contributed by atoms with Gasteiger partial charge in [0.05, 0.1) is 0 Å². The molecule has 2 aromatic carbocycles. The van der Waals surface area contributed by atoms with Crippen LogP contribution in [0.2, 0.25) is 0 Å². The molecule has 1 aliphatic rings. The number of rotatable bonds is 6. The van der Waals surface area contributed by atoms with Crippen molar-refractivity contribution in [3.05, 3.63) is 95.8 Å². The molecule has 1 saturated heterocycles. The van der Waals surface area contributed by atoms with Gasteiger partial charge in [0.1, 0.15) is 0 Å². The molecule has 3 heteroatoms. The van der Waals surface area contributed by atoms with Crippen molar-refractivity contribution in [2.75, 3.05) is 18.8 Å². The summed E-state index contributed by atoms with van der Waals surface area (Å²) in [4.78, 5) is 7.34. The molecule has 28 heavy (non-hydrogen) atoms. The van der Waals surface area contributed by atoms with Gasteiger partial charge in [-0.05, 0) is 74.2 Å². The number of nitrogens with zero attached hydrogens (tertiary/aromatic N) is 2. The molecule has 1 aliphatic heterocycles. The Morgan fingerprint density at radius 1 is 0.821 bits per heavy atom. The molecule has 144 valence electrons. The van der Waals surface area contributed by atoms with E-state index in [2.05, 4.69) is 59.5 Å². The Balaban J connectivity index is 1.46. The summed E-state index contributed by atoms with van der Waals surface area (Å²) in [5.41, 5.74) is 10.8. The number of likely N-dealkylation sites (tertiary alicyclic amines) is 1. The van der Waals surface area contributed by atoms with E-state index in [1.54, 1.807) is 0 Å². The maximum Gasteiger partial charge on any atom is 0.0466 e. The fraction of sp³-hybridized carbons (Fsp3) is 0.320. The third-order valence-corrected chi connectivity index (χ3v) is 6.14. The molecule has 0 atom stereocenters. The number of aromatic nitrogens is 1. The number of anilines is 1. The lowest BCUT2D eigenvalue weighted by Gasteiger charge is -2.42. The Hall–Kier alpha value is -2.65. The lowest BCUT2D eigenvalue weighted by molar-refractivity contribution is 0.143. The molecule has 2 N–H and O–H groups in total. The zero-order valence-corrected chi connectivity index (χ0v) is 16.4. The van der Waals surface area contributed by atoms with E-state index in [0.29, 0.717) is 0 Å². The largest absolute Gasteiger partial charge is 0.399 e. The second-order valence-corrected chi connectivity index (χ2v) is 8.00. The second kappa shape index (κ2) is 8.57. The molecule has 3 aromatic rings. The van der Waals surface area contributed by atoms with E-state index in [4.69, 9.17) is 10.7 Å². The highest BCUT2D eigenvalue weighted by Crippen LogP contribution is 2.39. The molecule has 0 saturated carbocycles. The van der Waals surface area contributed by atoms with Crippen LogP contribution < -0.4 is 5.73 Å². The fourth-order valence-electron chi connectivity index (χ4n) is 4.36. The lowest BCUT2D eigenvalue weighted by Crippen LogP contribution is -2.43. The highest BCUT2D eigenvalue weighted by molar-refractivity contribution is 5.39. The minimum absolute atomic E-state index is 0.175. The molecule has 0 spiro atoms. The predicted octanol–water partition coefficient (Wildman–Crippen LogP) is 4.83. The van der Waals surface area contributed by atoms with Gasteiger partial charge in [0.25, 0.3) is 0 Å². The van der Waals surface area contributed by atoms with Crippen molar-refractivity contribution < 1.29 is 0 Å². The van der Waals surface area contributed by atoms with Gasteiger partial charge in [-0.15, -0.1) is 0 Å². The van der Waals surface area contributed by atoms with Crippen molar-refractivity contribution in [1.82, 2.24) is 9.88 Å². The summed E-state index contributed by atoms with van der Waals surface area (Å²) in [6, 6.07) is 25.5. The van der Waals surface area contributed by atoms with Crippen molar-refractivity contribution in [2.45, 2.75) is 37.6 Å². The maximum absolute atomic E-state index is 5.82. The van der Waals surface area contributed by atoms with Crippen molar-refractivity contribution in [3.8, 4) is 0 Å². The van der Waals surface area contributed by atoms with E-state index in [9.17, 15) is 0 Å². The summed E-state index contributed by atoms with van der Waals surface area (Å²) in [7, 11) is 0. The smallest absolute Gasteiger partial charge is 0.0466 e. The monoisotopic (exact) mass is 371 g/mol. The van der Waals surface area contributed by atoms with Gasteiger partial charge < -0.3 is 5.73 Å². The zero-order chi connectivity index (χ0) is 19.2. The van der Waals surface area contributed by atoms with Gasteiger partial charge in [0, 0.05) is 29.5 Å². The summed E-state index contributed by atoms with van der Waals surface area (Å²) in [5, 5.41) is 0. The van der Waals surface area contributed by atoms with E-state index in [-0.39, 0.29) is 5.41 Å². The van der Waals surface area contributed by atoms with Gasteiger partial charge in [0.2, 0.25) is 0 Å². The van der Waals surface area contributed by atoms with Crippen molar-refractivity contribution in [3.63, 3.8) is 0 Å². The van der Waals surface area contributed by atoms with E-state index >= 15 is 0 Å². The number of hydrogen-bond donors (Lipinski definition) is 1. The molecular formula is C25H29N3. The second-order valence-electron chi connectivity index (χ2n) is 8.00. The SMILES string of the molecule is Nc1ccc(CN2CCC(CCc3ccccc3)(c3ccccn3)CC2)cc1. The predicted molar refractivity (Wildman–Crippen MR) is 116 cm³/mol. The average molecular weight is 372 g/mol. The molecule has 2 heterocycles. The lowest BCUT2D eigenvalue weighted by atomic mass is 9.71. The number of nitrogen functional groups attached to an aromatic ring is 1. The number of nitrogens with two attached hydrogens (primary N) is 1. The van der Waals surface area contributed by atoms with E-state index in [1.165, 1.54) is 16.8 Å². The Labute approximate surface area is 168 Å². The van der Waals surface area contributed by atoms with Gasteiger partial charge >= 0.3 is 0 Å². The molecule has 0 bridgehead atoms. The van der Waals surface area contributed by atoms with Crippen LogP contribution in [0.4, 0.5) is 5.69 Å². The van der Waals surface area contributed by atoms with Crippen LogP contribution in [0, 0.1) is 0 Å². The van der Waals surface area contributed by atoms with Crippen LogP contribution >= 0.6 is 0 Å². The molecule has 0 aliphatic carbocycles. The molecule has 3 nitrogen and oxygen atoms in total. The Bertz CT molecular complexity index is 851. The van der Waals surface area contributed by atoms with E-state index in [0.717, 1.165) is 51.0 Å². The summed E-state index contributed by atoms with van der Waals surface area (Å²) in [6.07, 6.45) is 6.52. The zero-order valence-electron chi connectivity index (χ0n) is 16.4. The van der Waals surface area contributed by atoms with Crippen LogP contribution in [0.1, 0.15) is 36.1 Å². The number of aryl methyl sites for hydroxylation is 1. The molecule has 1 fully saturated rings. The van der Waals surface area contributed by atoms with Gasteiger partial charge in [-0.3, -0.25) is 9.88 Å². The molecule has 1 aromatic heterocycles. The Morgan fingerprint density at radius 2 is 1.54 bits per heavy atom. The first kappa shape index (κ1) is 18.7. The summed E-state index contributed by atoms with van der Waals surface area (Å²) >= 11 is 0. The Morgan fingerprint density at radius 3 is 2.21 bits per heavy atom. The molecule has 0 unspecified atom stereocenters. The van der Waals surface area contributed by atoms with Crippen LogP contribution in [0.25, 0.3) is 0 Å². The van der Waals surface area contributed by atoms with Gasteiger partial charge in [0.15, 0.2) is 0 Å². The molecular weight excluding hydrogens is 342 g/mol. The minimum atomic E-state index is 0.175. The van der Waals surface area contributed by atoms with Crippen LogP contribution in [-0.4, -0.2) is 23.0 Å². The number of hydrogen-bond acceptors (Lipinski definition) is 3. The summed E-state index contributed by atoms with van der Waals surface area (Å²) in [5.74, 6) is 0. The summed E-state index contributed by atoms with van der Waals surface area (Å²) < 4.78 is 0. The topological polar surface area (TPSA) is 42.1 Å². The van der Waals surface area contributed by atoms with E-state index < -0.39 is 0 Å². The van der Waals surface area contributed by atoms with Crippen LogP contribution in [0.3, 0.4) is 0 Å². The van der Waals surface area contributed by atoms with E-state index in [1.807, 2.05) is 24.4 Å². The minimum Gasteiger partial charge on any atom is -0.399 e. The molecule has 0 radical (unpaired) electrons. The first-order valence-electron chi connectivity index (χ1n) is 10.3. The van der Waals surface area contributed by atoms with Crippen molar-refractivity contribution in [2.24, 2.45) is 0 Å². The highest BCUT2D eigenvalue weighted by atomic mass is 15.1. The van der Waals surface area contributed by atoms with Crippen molar-refractivity contribution >= 4 is 5.69 Å². The molecule has 4 rings (SSSR count). The third-order valence-electron chi connectivity index (χ3n) is 6.14. The average Bonchev–Trinajstić information content (AvgIpc) is 2.76. The van der Waals surface area contributed by atoms with Crippen LogP contribution in [-0.2, 0) is 18.4 Å². The quantitative estimate of drug-likeness (QED) is 0.631. The maximum atomic E-state index is 5.82. The molecule has 0 amide bonds. The first-order chi connectivity index (χ1) is 13.7. The van der Waals surface area contributed by atoms with Gasteiger partial charge in [-0.2, -0.15) is 0 Å². The van der Waals surface area contributed by atoms with Crippen molar-refractivity contribution in [1.29, 1.82) is 0 Å². The summed E-state index contributed by atoms with van der Waals surface area (Å²) in [6.45, 7) is 3.21. The number of piperidine rings is 1. The van der Waals surface area contributed by atoms with Crippen LogP contribution in [0.15, 0.2) is 79.0 Å². The van der Waals surface area contributed by atoms with Crippen LogP contribution in [0.5, 0.6) is 0 Å². The normalized spacial score (nSPS) is 16.7. The Kier molecular flexibility index (Phi) is 5.73. The standard InChI is InChI=1S/C25H29N3/c26-23-11-9-22(10-12-23)20-28-18-15-25(16-19-28,24-8-4-5-17-27-24)14-13-21-6-2-1-3-7-21/h1-12,17H,13-16,18-20,26H2. The first-order valence-corrected chi connectivity index (χ1v) is 10.3. The van der Waals surface area contributed by atoms with Gasteiger partial charge in [-0.1, -0.05) is 48.5 Å². The third kappa shape index (κ3) is 4.42. The number of pyridine rings is 1. The number of benzene rings is 2.